The van der Waals surface area contributed by atoms with Crippen LogP contribution in [0, 0.1) is 6.92 Å². The molecule has 0 radical (unpaired) electrons. The maximum Gasteiger partial charge on any atom is 0.257 e. The highest BCUT2D eigenvalue weighted by atomic mass is 16.5. The van der Waals surface area contributed by atoms with Crippen LogP contribution in [0.4, 0.5) is 5.82 Å². The van der Waals surface area contributed by atoms with Crippen molar-refractivity contribution in [2.24, 2.45) is 0 Å². The maximum absolute atomic E-state index is 5.76. The van der Waals surface area contributed by atoms with Gasteiger partial charge in [0.25, 0.3) is 5.88 Å². The molecule has 0 saturated heterocycles. The number of aryl methyl sites for hydroxylation is 1. The molecule has 0 saturated carbocycles. The van der Waals surface area contributed by atoms with Crippen LogP contribution in [0.25, 0.3) is 11.3 Å². The van der Waals surface area contributed by atoms with E-state index in [9.17, 15) is 0 Å². The summed E-state index contributed by atoms with van der Waals surface area (Å²) in [6.07, 6.45) is 3.55. The van der Waals surface area contributed by atoms with Gasteiger partial charge in [-0.1, -0.05) is 19.8 Å². The molecule has 27 heavy (non-hydrogen) atoms. The van der Waals surface area contributed by atoms with Crippen molar-refractivity contribution in [3.05, 3.63) is 23.9 Å². The fourth-order valence-corrected chi connectivity index (χ4v) is 2.81. The van der Waals surface area contributed by atoms with E-state index in [2.05, 4.69) is 17.2 Å². The largest absolute Gasteiger partial charge is 0.496 e. The molecule has 0 unspecified atom stereocenters. The van der Waals surface area contributed by atoms with E-state index in [1.165, 1.54) is 12.8 Å². The molecule has 1 aromatic heterocycles. The van der Waals surface area contributed by atoms with Crippen molar-refractivity contribution in [2.75, 3.05) is 26.1 Å². The average Bonchev–Trinajstić information content (AvgIpc) is 2.65. The molecule has 0 aliphatic heterocycles. The molecular weight excluding hydrogens is 342 g/mol. The van der Waals surface area contributed by atoms with Crippen LogP contribution in [0.3, 0.4) is 0 Å². The van der Waals surface area contributed by atoms with Crippen molar-refractivity contribution < 1.29 is 14.2 Å². The molecule has 2 aromatic rings. The molecule has 0 atom stereocenters. The number of unbranched alkanes of at least 4 members (excludes halogenated alkanes) is 2. The summed E-state index contributed by atoms with van der Waals surface area (Å²) < 4.78 is 16.8. The number of nitrogens with zero attached hydrogens (tertiary/aromatic N) is 2. The van der Waals surface area contributed by atoms with Gasteiger partial charge in [0.2, 0.25) is 0 Å². The van der Waals surface area contributed by atoms with Crippen LogP contribution in [0.2, 0.25) is 0 Å². The number of anilines is 1. The standard InChI is InChI=1S/C21H31N3O3/c1-7-8-9-12-22-20-21(26-6)24-19(15(4)23-20)17-11-10-16(27-14(2)3)13-18(17)25-5/h10-11,13-14H,7-9,12H2,1-6H3,(H,22,23). The van der Waals surface area contributed by atoms with Crippen LogP contribution in [-0.4, -0.2) is 36.8 Å². The van der Waals surface area contributed by atoms with Gasteiger partial charge in [0, 0.05) is 18.2 Å². The van der Waals surface area contributed by atoms with E-state index in [-0.39, 0.29) is 6.10 Å². The van der Waals surface area contributed by atoms with E-state index in [0.717, 1.165) is 35.7 Å². The van der Waals surface area contributed by atoms with Crippen LogP contribution in [0.1, 0.15) is 45.7 Å². The highest BCUT2D eigenvalue weighted by Gasteiger charge is 2.17. The van der Waals surface area contributed by atoms with E-state index < -0.39 is 0 Å². The average molecular weight is 373 g/mol. The lowest BCUT2D eigenvalue weighted by atomic mass is 10.1. The first-order chi connectivity index (χ1) is 13.0. The van der Waals surface area contributed by atoms with Crippen molar-refractivity contribution in [1.82, 2.24) is 9.97 Å². The Bertz CT molecular complexity index is 748. The zero-order valence-corrected chi connectivity index (χ0v) is 17.3. The zero-order chi connectivity index (χ0) is 19.8. The van der Waals surface area contributed by atoms with Gasteiger partial charge in [-0.2, -0.15) is 0 Å². The minimum atomic E-state index is 0.0974. The second kappa shape index (κ2) is 10.00. The summed E-state index contributed by atoms with van der Waals surface area (Å²) >= 11 is 0. The highest BCUT2D eigenvalue weighted by Crippen LogP contribution is 2.36. The summed E-state index contributed by atoms with van der Waals surface area (Å²) in [5, 5.41) is 3.33. The monoisotopic (exact) mass is 373 g/mol. The van der Waals surface area contributed by atoms with Gasteiger partial charge in [-0.15, -0.1) is 0 Å². The lowest BCUT2D eigenvalue weighted by molar-refractivity contribution is 0.241. The lowest BCUT2D eigenvalue weighted by Crippen LogP contribution is -2.09. The Morgan fingerprint density at radius 3 is 2.48 bits per heavy atom. The van der Waals surface area contributed by atoms with E-state index in [1.54, 1.807) is 14.2 Å². The Kier molecular flexibility index (Phi) is 7.70. The van der Waals surface area contributed by atoms with Crippen LogP contribution < -0.4 is 19.5 Å². The Morgan fingerprint density at radius 1 is 1.07 bits per heavy atom. The van der Waals surface area contributed by atoms with Gasteiger partial charge < -0.3 is 19.5 Å². The first-order valence-electron chi connectivity index (χ1n) is 9.51. The lowest BCUT2D eigenvalue weighted by Gasteiger charge is -2.16. The predicted molar refractivity (Wildman–Crippen MR) is 109 cm³/mol. The molecule has 1 N–H and O–H groups in total. The predicted octanol–water partition coefficient (Wildman–Crippen LogP) is 4.86. The van der Waals surface area contributed by atoms with Crippen molar-refractivity contribution >= 4 is 5.82 Å². The van der Waals surface area contributed by atoms with Gasteiger partial charge in [-0.3, -0.25) is 0 Å². The Labute approximate surface area is 162 Å². The van der Waals surface area contributed by atoms with Gasteiger partial charge in [0.05, 0.1) is 31.7 Å². The molecular formula is C21H31N3O3. The molecule has 2 rings (SSSR count). The Hall–Kier alpha value is -2.50. The molecule has 0 aliphatic rings. The molecule has 0 spiro atoms. The van der Waals surface area contributed by atoms with E-state index >= 15 is 0 Å². The summed E-state index contributed by atoms with van der Waals surface area (Å²) in [5.41, 5.74) is 2.40. The molecule has 1 heterocycles. The second-order valence-electron chi connectivity index (χ2n) is 6.68. The minimum absolute atomic E-state index is 0.0974. The van der Waals surface area contributed by atoms with E-state index in [0.29, 0.717) is 17.4 Å². The number of methoxy groups -OCH3 is 2. The van der Waals surface area contributed by atoms with Gasteiger partial charge >= 0.3 is 0 Å². The summed E-state index contributed by atoms with van der Waals surface area (Å²) in [6.45, 7) is 8.96. The topological polar surface area (TPSA) is 65.5 Å². The summed E-state index contributed by atoms with van der Waals surface area (Å²) in [5.74, 6) is 2.61. The summed E-state index contributed by atoms with van der Waals surface area (Å²) in [6, 6.07) is 5.74. The summed E-state index contributed by atoms with van der Waals surface area (Å²) in [7, 11) is 3.25. The SMILES string of the molecule is CCCCCNc1nc(C)c(-c2ccc(OC(C)C)cc2OC)nc1OC. The zero-order valence-electron chi connectivity index (χ0n) is 17.3. The highest BCUT2D eigenvalue weighted by molar-refractivity contribution is 5.72. The molecule has 0 bridgehead atoms. The smallest absolute Gasteiger partial charge is 0.257 e. The van der Waals surface area contributed by atoms with Gasteiger partial charge in [-0.05, 0) is 39.3 Å². The molecule has 0 fully saturated rings. The van der Waals surface area contributed by atoms with Crippen LogP contribution >= 0.6 is 0 Å². The molecule has 6 nitrogen and oxygen atoms in total. The number of benzene rings is 1. The van der Waals surface area contributed by atoms with Gasteiger partial charge in [-0.25, -0.2) is 9.97 Å². The third kappa shape index (κ3) is 5.49. The van der Waals surface area contributed by atoms with E-state index in [4.69, 9.17) is 19.2 Å². The fraction of sp³-hybridized carbons (Fsp3) is 0.524. The number of hydrogen-bond acceptors (Lipinski definition) is 6. The Morgan fingerprint density at radius 2 is 1.85 bits per heavy atom. The fourth-order valence-electron chi connectivity index (χ4n) is 2.81. The second-order valence-corrected chi connectivity index (χ2v) is 6.68. The number of aromatic nitrogens is 2. The van der Waals surface area contributed by atoms with Crippen LogP contribution in [0.15, 0.2) is 18.2 Å². The van der Waals surface area contributed by atoms with Crippen molar-refractivity contribution in [2.45, 2.75) is 53.1 Å². The molecule has 0 aliphatic carbocycles. The summed E-state index contributed by atoms with van der Waals surface area (Å²) in [4.78, 5) is 9.37. The molecule has 148 valence electrons. The molecule has 1 aromatic carbocycles. The maximum atomic E-state index is 5.76. The van der Waals surface area contributed by atoms with E-state index in [1.807, 2.05) is 39.0 Å². The van der Waals surface area contributed by atoms with Crippen LogP contribution in [-0.2, 0) is 0 Å². The number of hydrogen-bond donors (Lipinski definition) is 1. The van der Waals surface area contributed by atoms with Gasteiger partial charge in [0.15, 0.2) is 5.82 Å². The Balaban J connectivity index is 2.35. The van der Waals surface area contributed by atoms with Gasteiger partial charge in [0.1, 0.15) is 11.5 Å². The number of rotatable bonds is 10. The number of nitrogens with one attached hydrogen (secondary N) is 1. The molecule has 6 heteroatoms. The first-order valence-corrected chi connectivity index (χ1v) is 9.51. The van der Waals surface area contributed by atoms with Crippen LogP contribution in [0.5, 0.6) is 17.4 Å². The third-order valence-corrected chi connectivity index (χ3v) is 4.10. The first kappa shape index (κ1) is 20.8. The van der Waals surface area contributed by atoms with Crippen molar-refractivity contribution in [3.8, 4) is 28.6 Å². The third-order valence-electron chi connectivity index (χ3n) is 4.10. The quantitative estimate of drug-likeness (QED) is 0.600. The molecule has 0 amide bonds. The number of ether oxygens (including phenoxy) is 3. The normalized spacial score (nSPS) is 10.8. The van der Waals surface area contributed by atoms with Crippen molar-refractivity contribution in [3.63, 3.8) is 0 Å². The van der Waals surface area contributed by atoms with Crippen molar-refractivity contribution in [1.29, 1.82) is 0 Å². The minimum Gasteiger partial charge on any atom is -0.496 e.